The minimum Gasteiger partial charge on any atom is -0.497 e. The molecule has 43 heavy (non-hydrogen) atoms. The molecule has 0 aromatic heterocycles. The summed E-state index contributed by atoms with van der Waals surface area (Å²) in [5.74, 6) is 0.194. The van der Waals surface area contributed by atoms with Crippen LogP contribution >= 0.6 is 11.8 Å². The van der Waals surface area contributed by atoms with Gasteiger partial charge in [0.15, 0.2) is 5.17 Å². The average molecular weight is 615 g/mol. The van der Waals surface area contributed by atoms with E-state index >= 15 is 0 Å². The normalized spacial score (nSPS) is 12.5. The van der Waals surface area contributed by atoms with Gasteiger partial charge < -0.3 is 19.9 Å². The third-order valence-corrected chi connectivity index (χ3v) is 6.36. The number of aliphatic imine (C=N–C) groups is 3. The van der Waals surface area contributed by atoms with Crippen LogP contribution in [0.5, 0.6) is 11.5 Å². The maximum atomic E-state index is 12.3. The summed E-state index contributed by atoms with van der Waals surface area (Å²) in [5.41, 5.74) is 13.2. The van der Waals surface area contributed by atoms with E-state index in [9.17, 15) is 18.0 Å². The largest absolute Gasteiger partial charge is 0.573 e. The third-order valence-electron chi connectivity index (χ3n) is 5.52. The molecule has 0 radical (unpaired) electrons. The van der Waals surface area contributed by atoms with Gasteiger partial charge in [-0.25, -0.2) is 15.0 Å². The van der Waals surface area contributed by atoms with Crippen molar-refractivity contribution in [2.45, 2.75) is 20.2 Å². The van der Waals surface area contributed by atoms with Gasteiger partial charge in [-0.2, -0.15) is 5.10 Å². The van der Waals surface area contributed by atoms with Gasteiger partial charge in [-0.1, -0.05) is 36.0 Å². The number of nitrogens with zero attached hydrogens (tertiary/aromatic N) is 4. The Labute approximate surface area is 250 Å². The number of carbonyl (C=O) groups is 1. The molecule has 0 fully saturated rings. The molecule has 0 amide bonds. The van der Waals surface area contributed by atoms with Crippen molar-refractivity contribution in [3.8, 4) is 11.5 Å². The number of methoxy groups -OCH3 is 2. The van der Waals surface area contributed by atoms with Crippen molar-refractivity contribution < 1.29 is 32.2 Å². The molecule has 226 valence electrons. The zero-order valence-electron chi connectivity index (χ0n) is 23.7. The minimum absolute atomic E-state index is 0.0422. The van der Waals surface area contributed by atoms with Crippen molar-refractivity contribution >= 4 is 52.7 Å². The maximum absolute atomic E-state index is 12.3. The predicted molar refractivity (Wildman–Crippen MR) is 163 cm³/mol. The number of carbonyl (C=O) groups excluding carboxylic acids is 1. The van der Waals surface area contributed by atoms with Gasteiger partial charge in [-0.15, -0.1) is 13.2 Å². The van der Waals surface area contributed by atoms with Crippen LogP contribution in [0.3, 0.4) is 0 Å². The van der Waals surface area contributed by atoms with Gasteiger partial charge in [0.1, 0.15) is 23.7 Å². The second-order valence-electron chi connectivity index (χ2n) is 8.68. The standard InChI is InChI=1S/C29H29F3N6O4S/c1-18-13-24(40-3)14-19(2)26(18)37-28(43-16-25(39)41-4)38-36-15-20-5-7-21(8-6-20)27(33)35-17-34-22-9-11-23(12-10-22)42-29(30,31)32/h5-15,17H,16H2,1-4H3,(H,37,38)(H2,33,34,35)/b36-15+. The first-order valence-corrected chi connectivity index (χ1v) is 13.5. The number of rotatable bonds is 10. The van der Waals surface area contributed by atoms with Gasteiger partial charge in [0.05, 0.1) is 37.6 Å². The van der Waals surface area contributed by atoms with E-state index in [1.807, 2.05) is 26.0 Å². The second-order valence-corrected chi connectivity index (χ2v) is 9.65. The number of amidine groups is 2. The molecule has 0 heterocycles. The highest BCUT2D eigenvalue weighted by Gasteiger charge is 2.30. The molecule has 3 N–H and O–H groups in total. The molecule has 3 aromatic rings. The fourth-order valence-electron chi connectivity index (χ4n) is 3.46. The Balaban J connectivity index is 1.66. The molecular formula is C29H29F3N6O4S. The first kappa shape index (κ1) is 32.7. The number of thioether (sulfide) groups is 1. The van der Waals surface area contributed by atoms with Crippen molar-refractivity contribution in [2.75, 3.05) is 20.0 Å². The lowest BCUT2D eigenvalue weighted by molar-refractivity contribution is -0.274. The van der Waals surface area contributed by atoms with Crippen molar-refractivity contribution in [3.63, 3.8) is 0 Å². The second kappa shape index (κ2) is 15.4. The van der Waals surface area contributed by atoms with Crippen LogP contribution in [0.2, 0.25) is 0 Å². The van der Waals surface area contributed by atoms with Gasteiger partial charge in [0.25, 0.3) is 0 Å². The fraction of sp³-hybridized carbons (Fsp3) is 0.207. The molecule has 14 heteroatoms. The Morgan fingerprint density at radius 3 is 2.23 bits per heavy atom. The molecular weight excluding hydrogens is 585 g/mol. The number of halogens is 3. The summed E-state index contributed by atoms with van der Waals surface area (Å²) in [4.78, 5) is 24.5. The van der Waals surface area contributed by atoms with Gasteiger partial charge in [0, 0.05) is 5.56 Å². The molecule has 3 aromatic carbocycles. The van der Waals surface area contributed by atoms with Crippen molar-refractivity contribution in [2.24, 2.45) is 25.8 Å². The Hall–Kier alpha value is -4.85. The average Bonchev–Trinajstić information content (AvgIpc) is 2.97. The molecule has 0 unspecified atom stereocenters. The number of ether oxygens (including phenoxy) is 3. The molecule has 0 aliphatic heterocycles. The fourth-order valence-corrected chi connectivity index (χ4v) is 4.10. The smallest absolute Gasteiger partial charge is 0.497 e. The van der Waals surface area contributed by atoms with E-state index in [0.717, 1.165) is 52.0 Å². The molecule has 10 nitrogen and oxygen atoms in total. The quantitative estimate of drug-likeness (QED) is 0.128. The number of nitrogens with one attached hydrogen (secondary N) is 1. The van der Waals surface area contributed by atoms with Crippen molar-refractivity contribution in [1.29, 1.82) is 0 Å². The van der Waals surface area contributed by atoms with Crippen LogP contribution in [0.25, 0.3) is 0 Å². The summed E-state index contributed by atoms with van der Waals surface area (Å²) in [5, 5.41) is 4.66. The van der Waals surface area contributed by atoms with E-state index in [-0.39, 0.29) is 17.3 Å². The summed E-state index contributed by atoms with van der Waals surface area (Å²) in [6.45, 7) is 3.83. The highest BCUT2D eigenvalue weighted by molar-refractivity contribution is 8.14. The van der Waals surface area contributed by atoms with E-state index in [0.29, 0.717) is 16.4 Å². The summed E-state index contributed by atoms with van der Waals surface area (Å²) >= 11 is 1.15. The summed E-state index contributed by atoms with van der Waals surface area (Å²) in [6.07, 6.45) is -1.99. The van der Waals surface area contributed by atoms with Crippen LogP contribution in [-0.4, -0.2) is 55.9 Å². The lowest BCUT2D eigenvalue weighted by atomic mass is 10.1. The van der Waals surface area contributed by atoms with Crippen LogP contribution in [-0.2, 0) is 9.53 Å². The third kappa shape index (κ3) is 10.8. The topological polar surface area (TPSA) is 132 Å². The van der Waals surface area contributed by atoms with Gasteiger partial charge in [0.2, 0.25) is 0 Å². The Kier molecular flexibility index (Phi) is 11.7. The van der Waals surface area contributed by atoms with E-state index in [2.05, 4.69) is 30.2 Å². The SMILES string of the molecule is COC(=O)CSC(=Nc1c(C)cc(OC)cc1C)N/N=C/c1ccc(C(N)=NC=Nc2ccc(OC(F)(F)F)cc2)cc1. The molecule has 0 atom stereocenters. The van der Waals surface area contributed by atoms with Crippen LogP contribution in [0.15, 0.2) is 80.7 Å². The monoisotopic (exact) mass is 614 g/mol. The Bertz CT molecular complexity index is 1500. The number of hydrazone groups is 1. The molecule has 3 rings (SSSR count). The molecule has 0 aliphatic carbocycles. The summed E-state index contributed by atoms with van der Waals surface area (Å²) in [7, 11) is 2.91. The highest BCUT2D eigenvalue weighted by Crippen LogP contribution is 2.29. The maximum Gasteiger partial charge on any atom is 0.573 e. The van der Waals surface area contributed by atoms with Gasteiger partial charge in [-0.3, -0.25) is 10.2 Å². The van der Waals surface area contributed by atoms with Gasteiger partial charge >= 0.3 is 12.3 Å². The summed E-state index contributed by atoms with van der Waals surface area (Å²) in [6, 6.07) is 15.8. The van der Waals surface area contributed by atoms with Crippen LogP contribution < -0.4 is 20.6 Å². The number of hydrogen-bond acceptors (Lipinski definition) is 8. The lowest BCUT2D eigenvalue weighted by Crippen LogP contribution is -2.17. The number of benzene rings is 3. The first-order valence-electron chi connectivity index (χ1n) is 12.5. The number of esters is 1. The molecule has 0 aliphatic rings. The van der Waals surface area contributed by atoms with Crippen LogP contribution in [0, 0.1) is 13.8 Å². The lowest BCUT2D eigenvalue weighted by Gasteiger charge is -2.11. The number of hydrogen-bond donors (Lipinski definition) is 2. The Morgan fingerprint density at radius 2 is 1.65 bits per heavy atom. The highest BCUT2D eigenvalue weighted by atomic mass is 32.2. The molecule has 0 saturated heterocycles. The van der Waals surface area contributed by atoms with Gasteiger partial charge in [-0.05, 0) is 66.9 Å². The van der Waals surface area contributed by atoms with E-state index in [1.54, 1.807) is 37.6 Å². The van der Waals surface area contributed by atoms with E-state index in [4.69, 9.17) is 15.2 Å². The van der Waals surface area contributed by atoms with Crippen molar-refractivity contribution in [1.82, 2.24) is 5.43 Å². The number of aryl methyl sites for hydroxylation is 2. The van der Waals surface area contributed by atoms with E-state index in [1.165, 1.54) is 25.6 Å². The first-order chi connectivity index (χ1) is 20.5. The van der Waals surface area contributed by atoms with Crippen LogP contribution in [0.1, 0.15) is 22.3 Å². The molecule has 0 saturated carbocycles. The zero-order valence-corrected chi connectivity index (χ0v) is 24.5. The minimum atomic E-state index is -4.76. The number of alkyl halides is 3. The van der Waals surface area contributed by atoms with E-state index < -0.39 is 12.3 Å². The number of nitrogens with two attached hydrogens (primary N) is 1. The summed E-state index contributed by atoms with van der Waals surface area (Å²) < 4.78 is 50.7. The molecule has 0 bridgehead atoms. The molecule has 0 spiro atoms. The van der Waals surface area contributed by atoms with Crippen molar-refractivity contribution in [3.05, 3.63) is 82.9 Å². The van der Waals surface area contributed by atoms with Crippen LogP contribution in [0.4, 0.5) is 24.5 Å². The Morgan fingerprint density at radius 1 is 1.00 bits per heavy atom. The predicted octanol–water partition coefficient (Wildman–Crippen LogP) is 5.79. The zero-order chi connectivity index (χ0) is 31.4.